The Morgan fingerprint density at radius 1 is 1.17 bits per heavy atom. The van der Waals surface area contributed by atoms with Crippen LogP contribution in [0.3, 0.4) is 0 Å². The zero-order chi connectivity index (χ0) is 8.98. The van der Waals surface area contributed by atoms with Crippen LogP contribution in [0.25, 0.3) is 0 Å². The maximum Gasteiger partial charge on any atom is 0.103 e. The van der Waals surface area contributed by atoms with E-state index in [4.69, 9.17) is 0 Å². The van der Waals surface area contributed by atoms with Crippen LogP contribution in [0.1, 0.15) is 46.5 Å². The minimum atomic E-state index is -0.563. The Kier molecular flexibility index (Phi) is 1.59. The third-order valence-corrected chi connectivity index (χ3v) is 3.87. The number of alkyl halides is 1. The second-order valence-corrected chi connectivity index (χ2v) is 5.61. The number of rotatable bonds is 3. The van der Waals surface area contributed by atoms with Crippen molar-refractivity contribution in [1.82, 2.24) is 0 Å². The van der Waals surface area contributed by atoms with Crippen molar-refractivity contribution < 1.29 is 4.39 Å². The first-order chi connectivity index (χ1) is 5.48. The van der Waals surface area contributed by atoms with Gasteiger partial charge >= 0.3 is 0 Å². The molecule has 0 nitrogen and oxygen atoms in total. The summed E-state index contributed by atoms with van der Waals surface area (Å²) in [4.78, 5) is 0. The fraction of sp³-hybridized carbons (Fsp3) is 1.00. The van der Waals surface area contributed by atoms with Crippen LogP contribution in [-0.2, 0) is 0 Å². The molecule has 0 spiro atoms. The topological polar surface area (TPSA) is 0 Å². The number of hydrogen-bond donors (Lipinski definition) is 0. The van der Waals surface area contributed by atoms with Gasteiger partial charge in [0.25, 0.3) is 0 Å². The smallest absolute Gasteiger partial charge is 0.103 e. The lowest BCUT2D eigenvalue weighted by Gasteiger charge is -2.72. The molecule has 2 bridgehead atoms. The number of hydrogen-bond acceptors (Lipinski definition) is 0. The second-order valence-electron chi connectivity index (χ2n) is 5.61. The van der Waals surface area contributed by atoms with Crippen molar-refractivity contribution in [2.45, 2.75) is 52.6 Å². The van der Waals surface area contributed by atoms with Crippen molar-refractivity contribution in [2.24, 2.45) is 16.7 Å². The van der Waals surface area contributed by atoms with Crippen molar-refractivity contribution in [1.29, 1.82) is 0 Å². The van der Waals surface area contributed by atoms with Gasteiger partial charge < -0.3 is 0 Å². The quantitative estimate of drug-likeness (QED) is 0.607. The maximum absolute atomic E-state index is 13.1. The van der Waals surface area contributed by atoms with Gasteiger partial charge in [-0.25, -0.2) is 4.39 Å². The molecule has 3 fully saturated rings. The lowest BCUT2D eigenvalue weighted by Crippen LogP contribution is -2.65. The summed E-state index contributed by atoms with van der Waals surface area (Å²) in [5, 5.41) is 0. The van der Waals surface area contributed by atoms with E-state index in [1.165, 1.54) is 25.7 Å². The third-order valence-electron chi connectivity index (χ3n) is 3.87. The van der Waals surface area contributed by atoms with Gasteiger partial charge in [-0.1, -0.05) is 13.8 Å². The van der Waals surface area contributed by atoms with Gasteiger partial charge in [0.15, 0.2) is 0 Å². The Balaban J connectivity index is 1.87. The molecule has 0 heterocycles. The molecule has 0 N–H and O–H groups in total. The Hall–Kier alpha value is -0.0700. The standard InChI is InChI=1S/C11H19F/c1-8(2)4-10-5-11(6-10,7-10)9(3)12/h8-9H,4-7H2,1-3H3. The summed E-state index contributed by atoms with van der Waals surface area (Å²) in [6.07, 6.45) is 4.29. The third kappa shape index (κ3) is 0.946. The minimum absolute atomic E-state index is 0.148. The summed E-state index contributed by atoms with van der Waals surface area (Å²) < 4.78 is 13.1. The van der Waals surface area contributed by atoms with Crippen LogP contribution in [0.5, 0.6) is 0 Å². The van der Waals surface area contributed by atoms with Crippen LogP contribution in [-0.4, -0.2) is 6.17 Å². The van der Waals surface area contributed by atoms with Crippen molar-refractivity contribution in [2.75, 3.05) is 0 Å². The molecular weight excluding hydrogens is 151 g/mol. The summed E-state index contributed by atoms with van der Waals surface area (Å²) in [7, 11) is 0. The monoisotopic (exact) mass is 170 g/mol. The van der Waals surface area contributed by atoms with Gasteiger partial charge in [-0.15, -0.1) is 0 Å². The van der Waals surface area contributed by atoms with Gasteiger partial charge in [0.05, 0.1) is 0 Å². The lowest BCUT2D eigenvalue weighted by molar-refractivity contribution is -0.242. The van der Waals surface area contributed by atoms with Crippen molar-refractivity contribution >= 4 is 0 Å². The van der Waals surface area contributed by atoms with Crippen LogP contribution in [0.4, 0.5) is 4.39 Å². The molecule has 0 aromatic rings. The molecule has 1 atom stereocenters. The van der Waals surface area contributed by atoms with Gasteiger partial charge in [-0.2, -0.15) is 0 Å². The molecule has 0 aromatic carbocycles. The first-order valence-corrected chi connectivity index (χ1v) is 5.12. The molecule has 0 aromatic heterocycles. The Labute approximate surface area is 74.5 Å². The zero-order valence-corrected chi connectivity index (χ0v) is 8.36. The fourth-order valence-electron chi connectivity index (χ4n) is 3.59. The highest BCUT2D eigenvalue weighted by molar-refractivity contribution is 5.18. The van der Waals surface area contributed by atoms with Crippen LogP contribution < -0.4 is 0 Å². The lowest BCUT2D eigenvalue weighted by atomic mass is 9.32. The Bertz CT molecular complexity index is 173. The SMILES string of the molecule is CC(C)CC12CC(C(C)F)(C1)C2. The molecule has 1 unspecified atom stereocenters. The van der Waals surface area contributed by atoms with E-state index in [2.05, 4.69) is 13.8 Å². The van der Waals surface area contributed by atoms with Crippen molar-refractivity contribution in [3.63, 3.8) is 0 Å². The summed E-state index contributed by atoms with van der Waals surface area (Å²) in [6.45, 7) is 6.27. The molecule has 0 amide bonds. The predicted molar refractivity (Wildman–Crippen MR) is 48.7 cm³/mol. The maximum atomic E-state index is 13.1. The largest absolute Gasteiger partial charge is 0.247 e. The Morgan fingerprint density at radius 2 is 1.67 bits per heavy atom. The summed E-state index contributed by atoms with van der Waals surface area (Å²) >= 11 is 0. The summed E-state index contributed by atoms with van der Waals surface area (Å²) in [5.74, 6) is 0.790. The first-order valence-electron chi connectivity index (χ1n) is 5.12. The predicted octanol–water partition coefficient (Wildman–Crippen LogP) is 3.56. The molecule has 3 rings (SSSR count). The van der Waals surface area contributed by atoms with E-state index in [1.807, 2.05) is 0 Å². The van der Waals surface area contributed by atoms with E-state index < -0.39 is 6.17 Å². The molecule has 3 aliphatic rings. The van der Waals surface area contributed by atoms with E-state index in [0.29, 0.717) is 5.41 Å². The van der Waals surface area contributed by atoms with Gasteiger partial charge in [0.1, 0.15) is 6.17 Å². The van der Waals surface area contributed by atoms with E-state index in [0.717, 1.165) is 5.92 Å². The Morgan fingerprint density at radius 3 is 2.00 bits per heavy atom. The van der Waals surface area contributed by atoms with Crippen molar-refractivity contribution in [3.05, 3.63) is 0 Å². The second kappa shape index (κ2) is 2.24. The van der Waals surface area contributed by atoms with E-state index in [-0.39, 0.29) is 5.41 Å². The molecule has 70 valence electrons. The van der Waals surface area contributed by atoms with Gasteiger partial charge in [0, 0.05) is 5.41 Å². The van der Waals surface area contributed by atoms with Crippen LogP contribution in [0.2, 0.25) is 0 Å². The normalized spacial score (nSPS) is 46.8. The molecule has 0 radical (unpaired) electrons. The van der Waals surface area contributed by atoms with E-state index in [9.17, 15) is 4.39 Å². The molecule has 3 aliphatic carbocycles. The van der Waals surface area contributed by atoms with Gasteiger partial charge in [0.2, 0.25) is 0 Å². The van der Waals surface area contributed by atoms with Crippen LogP contribution >= 0.6 is 0 Å². The fourth-order valence-corrected chi connectivity index (χ4v) is 3.59. The van der Waals surface area contributed by atoms with Gasteiger partial charge in [-0.3, -0.25) is 0 Å². The van der Waals surface area contributed by atoms with Crippen LogP contribution in [0.15, 0.2) is 0 Å². The van der Waals surface area contributed by atoms with E-state index in [1.54, 1.807) is 6.92 Å². The molecular formula is C11H19F. The molecule has 0 aliphatic heterocycles. The average molecular weight is 170 g/mol. The van der Waals surface area contributed by atoms with E-state index >= 15 is 0 Å². The number of halogens is 1. The minimum Gasteiger partial charge on any atom is -0.247 e. The van der Waals surface area contributed by atoms with Crippen molar-refractivity contribution in [3.8, 4) is 0 Å². The molecule has 0 saturated heterocycles. The van der Waals surface area contributed by atoms with Crippen LogP contribution in [0, 0.1) is 16.7 Å². The highest BCUT2D eigenvalue weighted by Crippen LogP contribution is 2.77. The zero-order valence-electron chi connectivity index (χ0n) is 8.36. The average Bonchev–Trinajstić information content (AvgIpc) is 1.72. The summed E-state index contributed by atoms with van der Waals surface area (Å²) in [5.41, 5.74) is 0.739. The molecule has 3 saturated carbocycles. The molecule has 12 heavy (non-hydrogen) atoms. The highest BCUT2D eigenvalue weighted by Gasteiger charge is 2.69. The molecule has 1 heteroatoms. The first kappa shape index (κ1) is 8.52. The summed E-state index contributed by atoms with van der Waals surface area (Å²) in [6, 6.07) is 0. The van der Waals surface area contributed by atoms with Gasteiger partial charge in [-0.05, 0) is 43.9 Å². The highest BCUT2D eigenvalue weighted by atomic mass is 19.1.